The predicted molar refractivity (Wildman–Crippen MR) is 109 cm³/mol. The highest BCUT2D eigenvalue weighted by Gasteiger charge is 2.14. The van der Waals surface area contributed by atoms with E-state index in [0.29, 0.717) is 23.8 Å². The van der Waals surface area contributed by atoms with E-state index in [4.69, 9.17) is 18.9 Å². The Morgan fingerprint density at radius 2 is 1.54 bits per heavy atom. The molecule has 1 heterocycles. The summed E-state index contributed by atoms with van der Waals surface area (Å²) in [4.78, 5) is 4.50. The predicted octanol–water partition coefficient (Wildman–Crippen LogP) is 3.73. The van der Waals surface area contributed by atoms with Crippen molar-refractivity contribution in [2.24, 2.45) is 7.05 Å². The summed E-state index contributed by atoms with van der Waals surface area (Å²) in [5.74, 6) is 3.41. The van der Waals surface area contributed by atoms with Gasteiger partial charge in [-0.25, -0.2) is 4.98 Å². The van der Waals surface area contributed by atoms with Gasteiger partial charge in [0.2, 0.25) is 11.7 Å². The number of nitrogens with one attached hydrogen (secondary N) is 1. The second kappa shape index (κ2) is 8.56. The molecule has 7 heteroatoms. The van der Waals surface area contributed by atoms with Crippen LogP contribution in [0.1, 0.15) is 5.56 Å². The first-order chi connectivity index (χ1) is 13.6. The van der Waals surface area contributed by atoms with E-state index in [-0.39, 0.29) is 0 Å². The molecule has 0 bridgehead atoms. The van der Waals surface area contributed by atoms with Gasteiger partial charge in [0.1, 0.15) is 5.75 Å². The zero-order valence-electron chi connectivity index (χ0n) is 16.8. The molecule has 3 aromatic rings. The molecule has 0 fully saturated rings. The van der Waals surface area contributed by atoms with E-state index in [2.05, 4.69) is 10.3 Å². The molecule has 0 unspecified atom stereocenters. The molecular formula is C21H25N3O4. The Balaban J connectivity index is 1.79. The van der Waals surface area contributed by atoms with Gasteiger partial charge in [0.05, 0.1) is 40.3 Å². The first-order valence-corrected chi connectivity index (χ1v) is 8.80. The van der Waals surface area contributed by atoms with Crippen molar-refractivity contribution in [2.75, 3.05) is 33.8 Å². The Kier molecular flexibility index (Phi) is 5.93. The number of rotatable bonds is 8. The molecule has 0 spiro atoms. The lowest BCUT2D eigenvalue weighted by atomic mass is 10.1. The summed E-state index contributed by atoms with van der Waals surface area (Å²) in [6.45, 7) is 0.559. The molecule has 0 aliphatic carbocycles. The SMILES string of the molecule is COc1ccc(-c2cnc(NCc3cc(OC)c(OC)c(OC)c3)n2C)cc1. The van der Waals surface area contributed by atoms with Crippen LogP contribution in [0.25, 0.3) is 11.3 Å². The van der Waals surface area contributed by atoms with Crippen LogP contribution in [0, 0.1) is 0 Å². The van der Waals surface area contributed by atoms with E-state index >= 15 is 0 Å². The highest BCUT2D eigenvalue weighted by Crippen LogP contribution is 2.38. The second-order valence-corrected chi connectivity index (χ2v) is 6.14. The normalized spacial score (nSPS) is 10.5. The number of hydrogen-bond donors (Lipinski definition) is 1. The van der Waals surface area contributed by atoms with Gasteiger partial charge in [-0.2, -0.15) is 0 Å². The van der Waals surface area contributed by atoms with Crippen LogP contribution in [-0.2, 0) is 13.6 Å². The lowest BCUT2D eigenvalue weighted by molar-refractivity contribution is 0.324. The number of aromatic nitrogens is 2. The van der Waals surface area contributed by atoms with Gasteiger partial charge in [-0.1, -0.05) is 0 Å². The van der Waals surface area contributed by atoms with Gasteiger partial charge < -0.3 is 28.8 Å². The number of ether oxygens (including phenoxy) is 4. The lowest BCUT2D eigenvalue weighted by Gasteiger charge is -2.15. The van der Waals surface area contributed by atoms with Gasteiger partial charge in [0, 0.05) is 19.2 Å². The van der Waals surface area contributed by atoms with E-state index in [9.17, 15) is 0 Å². The van der Waals surface area contributed by atoms with Crippen LogP contribution >= 0.6 is 0 Å². The Morgan fingerprint density at radius 1 is 0.893 bits per heavy atom. The fourth-order valence-corrected chi connectivity index (χ4v) is 3.02. The summed E-state index contributed by atoms with van der Waals surface area (Å²) in [6.07, 6.45) is 1.85. The van der Waals surface area contributed by atoms with E-state index in [1.54, 1.807) is 28.4 Å². The summed E-state index contributed by atoms with van der Waals surface area (Å²) in [7, 11) is 8.43. The number of benzene rings is 2. The van der Waals surface area contributed by atoms with Crippen molar-refractivity contribution >= 4 is 5.95 Å². The third-order valence-corrected chi connectivity index (χ3v) is 4.55. The summed E-state index contributed by atoms with van der Waals surface area (Å²) in [5.41, 5.74) is 3.06. The fraction of sp³-hybridized carbons (Fsp3) is 0.286. The second-order valence-electron chi connectivity index (χ2n) is 6.14. The third-order valence-electron chi connectivity index (χ3n) is 4.55. The van der Waals surface area contributed by atoms with Gasteiger partial charge in [-0.15, -0.1) is 0 Å². The van der Waals surface area contributed by atoms with Gasteiger partial charge >= 0.3 is 0 Å². The zero-order chi connectivity index (χ0) is 20.1. The molecule has 1 N–H and O–H groups in total. The van der Waals surface area contributed by atoms with Crippen molar-refractivity contribution in [1.29, 1.82) is 0 Å². The fourth-order valence-electron chi connectivity index (χ4n) is 3.02. The van der Waals surface area contributed by atoms with Crippen LogP contribution in [0.2, 0.25) is 0 Å². The molecule has 2 aromatic carbocycles. The molecule has 0 amide bonds. The number of imidazole rings is 1. The molecule has 0 radical (unpaired) electrons. The number of anilines is 1. The van der Waals surface area contributed by atoms with E-state index in [1.807, 2.05) is 54.2 Å². The molecule has 3 rings (SSSR count). The van der Waals surface area contributed by atoms with Crippen LogP contribution in [0.3, 0.4) is 0 Å². The first-order valence-electron chi connectivity index (χ1n) is 8.80. The third kappa shape index (κ3) is 3.83. The van der Waals surface area contributed by atoms with Gasteiger partial charge in [0.15, 0.2) is 11.5 Å². The van der Waals surface area contributed by atoms with Gasteiger partial charge in [-0.05, 0) is 42.0 Å². The molecule has 148 valence electrons. The van der Waals surface area contributed by atoms with E-state index < -0.39 is 0 Å². The Morgan fingerprint density at radius 3 is 2.07 bits per heavy atom. The molecule has 0 aliphatic heterocycles. The monoisotopic (exact) mass is 383 g/mol. The number of hydrogen-bond acceptors (Lipinski definition) is 6. The smallest absolute Gasteiger partial charge is 0.203 e. The minimum atomic E-state index is 0.559. The van der Waals surface area contributed by atoms with Crippen molar-refractivity contribution in [2.45, 2.75) is 6.54 Å². The molecule has 0 saturated carbocycles. The maximum atomic E-state index is 5.41. The molecule has 0 saturated heterocycles. The van der Waals surface area contributed by atoms with Gasteiger partial charge in [0.25, 0.3) is 0 Å². The van der Waals surface area contributed by atoms with Gasteiger partial charge in [-0.3, -0.25) is 0 Å². The summed E-state index contributed by atoms with van der Waals surface area (Å²) >= 11 is 0. The Hall–Kier alpha value is -3.35. The highest BCUT2D eigenvalue weighted by atomic mass is 16.5. The van der Waals surface area contributed by atoms with Crippen molar-refractivity contribution < 1.29 is 18.9 Å². The van der Waals surface area contributed by atoms with E-state index in [0.717, 1.165) is 28.5 Å². The minimum absolute atomic E-state index is 0.559. The summed E-state index contributed by atoms with van der Waals surface area (Å²) in [6, 6.07) is 11.7. The average molecular weight is 383 g/mol. The molecule has 0 atom stereocenters. The minimum Gasteiger partial charge on any atom is -0.497 e. The number of nitrogens with zero attached hydrogens (tertiary/aromatic N) is 2. The van der Waals surface area contributed by atoms with Crippen LogP contribution in [-0.4, -0.2) is 38.0 Å². The average Bonchev–Trinajstić information content (AvgIpc) is 3.11. The molecule has 28 heavy (non-hydrogen) atoms. The van der Waals surface area contributed by atoms with Crippen LogP contribution in [0.4, 0.5) is 5.95 Å². The molecule has 7 nitrogen and oxygen atoms in total. The highest BCUT2D eigenvalue weighted by molar-refractivity contribution is 5.62. The van der Waals surface area contributed by atoms with E-state index in [1.165, 1.54) is 0 Å². The van der Waals surface area contributed by atoms with Crippen molar-refractivity contribution in [3.05, 3.63) is 48.2 Å². The molecule has 1 aromatic heterocycles. The Bertz CT molecular complexity index is 910. The quantitative estimate of drug-likeness (QED) is 0.639. The van der Waals surface area contributed by atoms with Crippen molar-refractivity contribution in [3.63, 3.8) is 0 Å². The summed E-state index contributed by atoms with van der Waals surface area (Å²) in [5, 5.41) is 3.36. The maximum Gasteiger partial charge on any atom is 0.203 e. The van der Waals surface area contributed by atoms with Crippen LogP contribution in [0.15, 0.2) is 42.6 Å². The Labute approximate surface area is 164 Å². The zero-order valence-corrected chi connectivity index (χ0v) is 16.8. The van der Waals surface area contributed by atoms with Crippen LogP contribution in [0.5, 0.6) is 23.0 Å². The maximum absolute atomic E-state index is 5.41. The first kappa shape index (κ1) is 19.4. The van der Waals surface area contributed by atoms with Crippen molar-refractivity contribution in [1.82, 2.24) is 9.55 Å². The largest absolute Gasteiger partial charge is 0.497 e. The van der Waals surface area contributed by atoms with Crippen LogP contribution < -0.4 is 24.3 Å². The standard InChI is InChI=1S/C21H25N3O4/c1-24-17(15-6-8-16(25-2)9-7-15)13-23-21(24)22-12-14-10-18(26-3)20(28-5)19(11-14)27-4/h6-11,13H,12H2,1-5H3,(H,22,23). The molecule has 0 aliphatic rings. The topological polar surface area (TPSA) is 66.8 Å². The van der Waals surface area contributed by atoms with Crippen molar-refractivity contribution in [3.8, 4) is 34.3 Å². The summed E-state index contributed by atoms with van der Waals surface area (Å²) < 4.78 is 23.4. The molecular weight excluding hydrogens is 358 g/mol. The lowest BCUT2D eigenvalue weighted by Crippen LogP contribution is -2.06. The number of methoxy groups -OCH3 is 4.